The first-order valence-corrected chi connectivity index (χ1v) is 6.55. The van der Waals surface area contributed by atoms with Crippen LogP contribution in [0.2, 0.25) is 0 Å². The molecule has 1 heterocycles. The second-order valence-electron chi connectivity index (χ2n) is 6.34. The van der Waals surface area contributed by atoms with Gasteiger partial charge in [0.05, 0.1) is 5.60 Å². The monoisotopic (exact) mass is 240 g/mol. The topological polar surface area (TPSA) is 50.4 Å². The van der Waals surface area contributed by atoms with Gasteiger partial charge in [-0.2, -0.15) is 0 Å². The highest BCUT2D eigenvalue weighted by Gasteiger charge is 2.36. The number of rotatable bonds is 4. The predicted molar refractivity (Wildman–Crippen MR) is 66.8 cm³/mol. The lowest BCUT2D eigenvalue weighted by Gasteiger charge is -2.39. The molecule has 2 fully saturated rings. The van der Waals surface area contributed by atoms with Crippen molar-refractivity contribution in [3.05, 3.63) is 0 Å². The average Bonchev–Trinajstić information content (AvgIpc) is 2.53. The summed E-state index contributed by atoms with van der Waals surface area (Å²) in [7, 11) is 0. The van der Waals surface area contributed by atoms with Crippen molar-refractivity contribution < 1.29 is 9.53 Å². The molecule has 0 spiro atoms. The summed E-state index contributed by atoms with van der Waals surface area (Å²) < 4.78 is 5.63. The van der Waals surface area contributed by atoms with Gasteiger partial charge in [-0.05, 0) is 25.2 Å². The molecule has 0 bridgehead atoms. The number of amides is 1. The molecule has 1 unspecified atom stereocenters. The number of hydrogen-bond acceptors (Lipinski definition) is 3. The summed E-state index contributed by atoms with van der Waals surface area (Å²) in [5.74, 6) is 0.0260. The number of hydrogen-bond donors (Lipinski definition) is 2. The Morgan fingerprint density at radius 1 is 1.41 bits per heavy atom. The summed E-state index contributed by atoms with van der Waals surface area (Å²) in [6.07, 6.45) is 3.50. The molecule has 1 aliphatic carbocycles. The van der Waals surface area contributed by atoms with E-state index in [4.69, 9.17) is 4.74 Å². The molecule has 4 heteroatoms. The van der Waals surface area contributed by atoms with Crippen LogP contribution in [0.4, 0.5) is 0 Å². The Labute approximate surface area is 103 Å². The van der Waals surface area contributed by atoms with Crippen LogP contribution in [-0.2, 0) is 9.53 Å². The van der Waals surface area contributed by atoms with E-state index in [2.05, 4.69) is 24.5 Å². The smallest absolute Gasteiger partial charge is 0.246 e. The minimum atomic E-state index is -0.136. The molecule has 0 aromatic rings. The first kappa shape index (κ1) is 12.8. The molecular formula is C13H24N2O2. The molecule has 17 heavy (non-hydrogen) atoms. The molecule has 1 saturated heterocycles. The van der Waals surface area contributed by atoms with Gasteiger partial charge >= 0.3 is 0 Å². The van der Waals surface area contributed by atoms with Gasteiger partial charge in [0.1, 0.15) is 6.61 Å². The lowest BCUT2D eigenvalue weighted by Crippen LogP contribution is -2.60. The van der Waals surface area contributed by atoms with Gasteiger partial charge < -0.3 is 15.4 Å². The molecule has 0 radical (unpaired) electrons. The summed E-state index contributed by atoms with van der Waals surface area (Å²) in [6, 6.07) is 0.311. The minimum absolute atomic E-state index is 0.0260. The third kappa shape index (κ3) is 2.99. The van der Waals surface area contributed by atoms with Gasteiger partial charge in [-0.15, -0.1) is 0 Å². The van der Waals surface area contributed by atoms with E-state index in [9.17, 15) is 4.79 Å². The second kappa shape index (κ2) is 4.58. The Balaban J connectivity index is 1.73. The highest BCUT2D eigenvalue weighted by Crippen LogP contribution is 2.37. The van der Waals surface area contributed by atoms with Gasteiger partial charge in [-0.1, -0.05) is 20.3 Å². The largest absolute Gasteiger partial charge is 0.363 e. The highest BCUT2D eigenvalue weighted by atomic mass is 16.5. The van der Waals surface area contributed by atoms with E-state index in [1.54, 1.807) is 0 Å². The van der Waals surface area contributed by atoms with Crippen LogP contribution in [-0.4, -0.2) is 37.2 Å². The molecule has 2 N–H and O–H groups in total. The lowest BCUT2D eigenvalue weighted by atomic mass is 9.87. The van der Waals surface area contributed by atoms with Crippen LogP contribution in [0, 0.1) is 5.41 Å². The first-order chi connectivity index (χ1) is 7.91. The van der Waals surface area contributed by atoms with E-state index >= 15 is 0 Å². The average molecular weight is 240 g/mol. The maximum absolute atomic E-state index is 11.8. The maximum Gasteiger partial charge on any atom is 0.246 e. The van der Waals surface area contributed by atoms with Gasteiger partial charge in [0.2, 0.25) is 5.91 Å². The molecular weight excluding hydrogens is 216 g/mol. The molecule has 2 aliphatic rings. The van der Waals surface area contributed by atoms with Crippen LogP contribution in [0.3, 0.4) is 0 Å². The number of nitrogens with one attached hydrogen (secondary N) is 2. The fourth-order valence-electron chi connectivity index (χ4n) is 2.65. The van der Waals surface area contributed by atoms with Crippen LogP contribution in [0.25, 0.3) is 0 Å². The molecule has 1 saturated carbocycles. The molecule has 2 rings (SSSR count). The van der Waals surface area contributed by atoms with E-state index in [-0.39, 0.29) is 23.5 Å². The van der Waals surface area contributed by atoms with Crippen molar-refractivity contribution in [3.8, 4) is 0 Å². The zero-order valence-corrected chi connectivity index (χ0v) is 11.1. The molecule has 4 nitrogen and oxygen atoms in total. The van der Waals surface area contributed by atoms with E-state index in [1.165, 1.54) is 12.8 Å². The summed E-state index contributed by atoms with van der Waals surface area (Å²) in [5, 5.41) is 6.26. The van der Waals surface area contributed by atoms with Crippen molar-refractivity contribution in [3.63, 3.8) is 0 Å². The normalized spacial score (nSPS) is 29.7. The van der Waals surface area contributed by atoms with E-state index < -0.39 is 0 Å². The van der Waals surface area contributed by atoms with Crippen LogP contribution in [0.1, 0.15) is 40.0 Å². The first-order valence-electron chi connectivity index (χ1n) is 6.55. The summed E-state index contributed by atoms with van der Waals surface area (Å²) in [6.45, 7) is 8.36. The second-order valence-corrected chi connectivity index (χ2v) is 6.34. The Bertz CT molecular complexity index is 298. The van der Waals surface area contributed by atoms with Crippen LogP contribution < -0.4 is 10.6 Å². The molecule has 1 amide bonds. The number of ether oxygens (including phenoxy) is 1. The Hall–Kier alpha value is -0.610. The fourth-order valence-corrected chi connectivity index (χ4v) is 2.65. The van der Waals surface area contributed by atoms with Crippen LogP contribution in [0.15, 0.2) is 0 Å². The third-order valence-corrected chi connectivity index (χ3v) is 4.14. The van der Waals surface area contributed by atoms with Gasteiger partial charge in [0.25, 0.3) is 0 Å². The lowest BCUT2D eigenvalue weighted by molar-refractivity contribution is -0.137. The van der Waals surface area contributed by atoms with Crippen molar-refractivity contribution in [2.24, 2.45) is 5.41 Å². The van der Waals surface area contributed by atoms with Gasteiger partial charge in [-0.3, -0.25) is 4.79 Å². The van der Waals surface area contributed by atoms with E-state index in [0.717, 1.165) is 19.5 Å². The van der Waals surface area contributed by atoms with Crippen molar-refractivity contribution in [1.29, 1.82) is 0 Å². The summed E-state index contributed by atoms with van der Waals surface area (Å²) in [4.78, 5) is 11.8. The maximum atomic E-state index is 11.8. The summed E-state index contributed by atoms with van der Waals surface area (Å²) in [5.41, 5.74) is 0.0973. The standard InChI is InChI=1S/C13H24N2O2/c1-12(2)6-4-5-10(12)15-11(16)7-17-13(3)8-14-9-13/h10,14H,4-9H2,1-3H3,(H,15,16). The van der Waals surface area contributed by atoms with Crippen LogP contribution >= 0.6 is 0 Å². The van der Waals surface area contributed by atoms with Crippen LogP contribution in [0.5, 0.6) is 0 Å². The molecule has 0 aromatic heterocycles. The number of carbonyl (C=O) groups excluding carboxylic acids is 1. The fraction of sp³-hybridized carbons (Fsp3) is 0.923. The van der Waals surface area contributed by atoms with Gasteiger partial charge in [0, 0.05) is 19.1 Å². The van der Waals surface area contributed by atoms with Crippen molar-refractivity contribution in [2.75, 3.05) is 19.7 Å². The Morgan fingerprint density at radius 3 is 2.59 bits per heavy atom. The molecule has 1 aliphatic heterocycles. The zero-order valence-electron chi connectivity index (χ0n) is 11.1. The number of carbonyl (C=O) groups is 1. The summed E-state index contributed by atoms with van der Waals surface area (Å²) >= 11 is 0. The third-order valence-electron chi connectivity index (χ3n) is 4.14. The Kier molecular flexibility index (Phi) is 3.46. The highest BCUT2D eigenvalue weighted by molar-refractivity contribution is 5.77. The van der Waals surface area contributed by atoms with E-state index in [1.807, 2.05) is 6.92 Å². The zero-order chi connectivity index (χ0) is 12.5. The Morgan fingerprint density at radius 2 is 2.12 bits per heavy atom. The molecule has 98 valence electrons. The van der Waals surface area contributed by atoms with Crippen molar-refractivity contribution in [1.82, 2.24) is 10.6 Å². The minimum Gasteiger partial charge on any atom is -0.363 e. The molecule has 1 atom stereocenters. The quantitative estimate of drug-likeness (QED) is 0.772. The van der Waals surface area contributed by atoms with Gasteiger partial charge in [0.15, 0.2) is 0 Å². The SMILES string of the molecule is CC1(OCC(=O)NC2CCCC2(C)C)CNC1. The van der Waals surface area contributed by atoms with Crippen molar-refractivity contribution >= 4 is 5.91 Å². The molecule has 0 aromatic carbocycles. The van der Waals surface area contributed by atoms with E-state index in [0.29, 0.717) is 6.04 Å². The van der Waals surface area contributed by atoms with Gasteiger partial charge in [-0.25, -0.2) is 0 Å². The van der Waals surface area contributed by atoms with Crippen molar-refractivity contribution in [2.45, 2.75) is 51.7 Å². The predicted octanol–water partition coefficient (Wildman–Crippen LogP) is 1.06.